The van der Waals surface area contributed by atoms with Crippen LogP contribution in [0.4, 0.5) is 0 Å². The van der Waals surface area contributed by atoms with Gasteiger partial charge in [0.05, 0.1) is 12.2 Å². The number of carbonyl (C=O) groups is 1. The Balaban J connectivity index is 1.48. The molecule has 168 valence electrons. The summed E-state index contributed by atoms with van der Waals surface area (Å²) in [4.78, 5) is 17.6. The number of hydrogen-bond acceptors (Lipinski definition) is 6. The first-order valence-electron chi connectivity index (χ1n) is 11.0. The molecule has 0 bridgehead atoms. The second-order valence-electron chi connectivity index (χ2n) is 8.91. The maximum absolute atomic E-state index is 13.2. The van der Waals surface area contributed by atoms with Gasteiger partial charge in [0.2, 0.25) is 10.0 Å². The van der Waals surface area contributed by atoms with E-state index in [0.717, 1.165) is 45.3 Å². The first-order valence-corrected chi connectivity index (χ1v) is 12.5. The first kappa shape index (κ1) is 21.8. The van der Waals surface area contributed by atoms with Gasteiger partial charge in [-0.2, -0.15) is 4.31 Å². The number of hydrogen-bond donors (Lipinski definition) is 0. The van der Waals surface area contributed by atoms with Gasteiger partial charge in [0.15, 0.2) is 5.76 Å². The molecule has 0 N–H and O–H groups in total. The van der Waals surface area contributed by atoms with Crippen LogP contribution in [0.25, 0.3) is 0 Å². The standard InChI is InChI=1S/C21H33N3O5S/c1-15-12-22(13-16(2)28-15)14-18-7-6-10-24(18)21(25)19-11-20(17(3)29-19)30(26,27)23-8-4-5-9-23/h11,15-16,18H,4-10,12-14H2,1-3H3. The van der Waals surface area contributed by atoms with Crippen LogP contribution in [-0.2, 0) is 14.8 Å². The quantitative estimate of drug-likeness (QED) is 0.699. The molecule has 0 aromatic carbocycles. The average Bonchev–Trinajstić information content (AvgIpc) is 3.41. The van der Waals surface area contributed by atoms with E-state index in [1.165, 1.54) is 10.4 Å². The van der Waals surface area contributed by atoms with Crippen LogP contribution in [-0.4, -0.2) is 85.9 Å². The van der Waals surface area contributed by atoms with Crippen LogP contribution < -0.4 is 0 Å². The lowest BCUT2D eigenvalue weighted by Crippen LogP contribution is -2.50. The third kappa shape index (κ3) is 4.30. The van der Waals surface area contributed by atoms with E-state index >= 15 is 0 Å². The van der Waals surface area contributed by atoms with E-state index in [4.69, 9.17) is 9.15 Å². The van der Waals surface area contributed by atoms with Crippen LogP contribution in [0.3, 0.4) is 0 Å². The molecule has 3 fully saturated rings. The highest BCUT2D eigenvalue weighted by molar-refractivity contribution is 7.89. The van der Waals surface area contributed by atoms with Gasteiger partial charge in [-0.25, -0.2) is 8.42 Å². The largest absolute Gasteiger partial charge is 0.455 e. The fraction of sp³-hybridized carbons (Fsp3) is 0.762. The van der Waals surface area contributed by atoms with Crippen molar-refractivity contribution in [2.45, 2.75) is 69.6 Å². The molecule has 0 spiro atoms. The van der Waals surface area contributed by atoms with Crippen LogP contribution >= 0.6 is 0 Å². The molecule has 1 aromatic heterocycles. The first-order chi connectivity index (χ1) is 14.3. The van der Waals surface area contributed by atoms with Gasteiger partial charge in [0.1, 0.15) is 10.7 Å². The molecule has 3 unspecified atom stereocenters. The Morgan fingerprint density at radius 1 is 1.10 bits per heavy atom. The number of rotatable bonds is 5. The zero-order valence-electron chi connectivity index (χ0n) is 18.2. The second kappa shape index (κ2) is 8.61. The van der Waals surface area contributed by atoms with Gasteiger partial charge in [0, 0.05) is 51.4 Å². The van der Waals surface area contributed by atoms with E-state index in [1.54, 1.807) is 6.92 Å². The van der Waals surface area contributed by atoms with Gasteiger partial charge in [0.25, 0.3) is 5.91 Å². The zero-order valence-corrected chi connectivity index (χ0v) is 19.0. The molecule has 3 aliphatic rings. The maximum atomic E-state index is 13.2. The molecule has 4 heterocycles. The van der Waals surface area contributed by atoms with Crippen molar-refractivity contribution in [3.63, 3.8) is 0 Å². The van der Waals surface area contributed by atoms with Crippen molar-refractivity contribution in [1.82, 2.24) is 14.1 Å². The summed E-state index contributed by atoms with van der Waals surface area (Å²) >= 11 is 0. The van der Waals surface area contributed by atoms with Gasteiger partial charge in [-0.15, -0.1) is 0 Å². The molecular formula is C21H33N3O5S. The SMILES string of the molecule is Cc1oc(C(=O)N2CCCC2CN2CC(C)OC(C)C2)cc1S(=O)(=O)N1CCCC1. The molecule has 3 atom stereocenters. The minimum absolute atomic E-state index is 0.110. The molecule has 9 heteroatoms. The number of sulfonamides is 1. The Hall–Kier alpha value is -1.42. The van der Waals surface area contributed by atoms with Gasteiger partial charge in [-0.05, 0) is 46.5 Å². The zero-order chi connectivity index (χ0) is 21.5. The van der Waals surface area contributed by atoms with E-state index in [9.17, 15) is 13.2 Å². The van der Waals surface area contributed by atoms with Crippen molar-refractivity contribution < 1.29 is 22.4 Å². The Bertz CT molecular complexity index is 867. The highest BCUT2D eigenvalue weighted by Crippen LogP contribution is 2.29. The normalized spacial score (nSPS) is 29.0. The summed E-state index contributed by atoms with van der Waals surface area (Å²) in [6.45, 7) is 10.0. The number of ether oxygens (including phenoxy) is 1. The van der Waals surface area contributed by atoms with Crippen molar-refractivity contribution in [1.29, 1.82) is 0 Å². The Morgan fingerprint density at radius 2 is 1.77 bits per heavy atom. The summed E-state index contributed by atoms with van der Waals surface area (Å²) in [5.41, 5.74) is 0. The van der Waals surface area contributed by atoms with E-state index in [1.807, 2.05) is 4.90 Å². The van der Waals surface area contributed by atoms with Crippen molar-refractivity contribution in [3.05, 3.63) is 17.6 Å². The summed E-state index contributed by atoms with van der Waals surface area (Å²) in [6.07, 6.45) is 4.01. The number of furan rings is 1. The molecule has 1 amide bonds. The lowest BCUT2D eigenvalue weighted by atomic mass is 10.1. The molecule has 0 aliphatic carbocycles. The lowest BCUT2D eigenvalue weighted by Gasteiger charge is -2.38. The fourth-order valence-corrected chi connectivity index (χ4v) is 6.74. The molecule has 0 saturated carbocycles. The lowest BCUT2D eigenvalue weighted by molar-refractivity contribution is -0.0715. The van der Waals surface area contributed by atoms with E-state index in [0.29, 0.717) is 19.6 Å². The summed E-state index contributed by atoms with van der Waals surface area (Å²) in [6, 6.07) is 1.54. The van der Waals surface area contributed by atoms with Gasteiger partial charge < -0.3 is 14.1 Å². The van der Waals surface area contributed by atoms with Crippen LogP contribution in [0.5, 0.6) is 0 Å². The number of amides is 1. The van der Waals surface area contributed by atoms with Gasteiger partial charge >= 0.3 is 0 Å². The fourth-order valence-electron chi connectivity index (χ4n) is 5.06. The van der Waals surface area contributed by atoms with Gasteiger partial charge in [-0.3, -0.25) is 9.69 Å². The Morgan fingerprint density at radius 3 is 2.43 bits per heavy atom. The van der Waals surface area contributed by atoms with Crippen molar-refractivity contribution in [2.24, 2.45) is 0 Å². The molecule has 3 saturated heterocycles. The van der Waals surface area contributed by atoms with Crippen LogP contribution in [0.2, 0.25) is 0 Å². The smallest absolute Gasteiger partial charge is 0.289 e. The summed E-state index contributed by atoms with van der Waals surface area (Å²) in [7, 11) is -3.61. The number of aryl methyl sites for hydroxylation is 1. The van der Waals surface area contributed by atoms with Crippen molar-refractivity contribution in [2.75, 3.05) is 39.3 Å². The van der Waals surface area contributed by atoms with Crippen molar-refractivity contribution >= 4 is 15.9 Å². The minimum Gasteiger partial charge on any atom is -0.455 e. The number of nitrogens with zero attached hydrogens (tertiary/aromatic N) is 3. The number of likely N-dealkylation sites (tertiary alicyclic amines) is 1. The van der Waals surface area contributed by atoms with Crippen LogP contribution in [0, 0.1) is 6.92 Å². The minimum atomic E-state index is -3.61. The van der Waals surface area contributed by atoms with E-state index < -0.39 is 10.0 Å². The second-order valence-corrected chi connectivity index (χ2v) is 10.8. The third-order valence-corrected chi connectivity index (χ3v) is 8.37. The van der Waals surface area contributed by atoms with E-state index in [2.05, 4.69) is 18.7 Å². The summed E-state index contributed by atoms with van der Waals surface area (Å²) in [5, 5.41) is 0. The third-order valence-electron chi connectivity index (χ3n) is 6.37. The Kier molecular flexibility index (Phi) is 6.25. The molecule has 30 heavy (non-hydrogen) atoms. The number of morpholine rings is 1. The summed E-state index contributed by atoms with van der Waals surface area (Å²) < 4.78 is 38.8. The monoisotopic (exact) mass is 439 g/mol. The highest BCUT2D eigenvalue weighted by Gasteiger charge is 2.36. The maximum Gasteiger partial charge on any atom is 0.289 e. The molecule has 8 nitrogen and oxygen atoms in total. The predicted octanol–water partition coefficient (Wildman–Crippen LogP) is 2.09. The average molecular weight is 440 g/mol. The Labute approximate surface area is 179 Å². The topological polar surface area (TPSA) is 83.3 Å². The predicted molar refractivity (Wildman–Crippen MR) is 112 cm³/mol. The molecule has 1 aromatic rings. The number of carbonyl (C=O) groups excluding carboxylic acids is 1. The molecule has 0 radical (unpaired) electrons. The molecule has 3 aliphatic heterocycles. The highest BCUT2D eigenvalue weighted by atomic mass is 32.2. The van der Waals surface area contributed by atoms with Crippen molar-refractivity contribution in [3.8, 4) is 0 Å². The molecule has 4 rings (SSSR count). The van der Waals surface area contributed by atoms with Gasteiger partial charge in [-0.1, -0.05) is 0 Å². The van der Waals surface area contributed by atoms with E-state index in [-0.39, 0.29) is 40.6 Å². The van der Waals surface area contributed by atoms with Crippen LogP contribution in [0.1, 0.15) is 55.8 Å². The summed E-state index contributed by atoms with van der Waals surface area (Å²) in [5.74, 6) is 0.204. The molecular weight excluding hydrogens is 406 g/mol. The van der Waals surface area contributed by atoms with Crippen LogP contribution in [0.15, 0.2) is 15.4 Å².